The van der Waals surface area contributed by atoms with E-state index in [1.54, 1.807) is 18.2 Å². The molecule has 1 heterocycles. The normalized spacial score (nSPS) is 15.0. The first-order chi connectivity index (χ1) is 19.1. The lowest BCUT2D eigenvalue weighted by Crippen LogP contribution is -2.29. The number of benzene rings is 3. The Morgan fingerprint density at radius 2 is 1.55 bits per heavy atom. The van der Waals surface area contributed by atoms with Crippen molar-refractivity contribution in [2.24, 2.45) is 5.92 Å². The first kappa shape index (κ1) is 27.3. The number of carbonyl (C=O) groups excluding carboxylic acids is 2. The van der Waals surface area contributed by atoms with E-state index in [2.05, 4.69) is 0 Å². The number of halogens is 1. The van der Waals surface area contributed by atoms with Gasteiger partial charge in [0.1, 0.15) is 5.82 Å². The lowest BCUT2D eigenvalue weighted by Gasteiger charge is -2.22. The Balaban J connectivity index is 1.86. The summed E-state index contributed by atoms with van der Waals surface area (Å²) in [7, 11) is -1.88. The maximum Gasteiger partial charge on any atom is 0.320 e. The van der Waals surface area contributed by atoms with Crippen LogP contribution >= 0.6 is 0 Å². The molecule has 3 aromatic carbocycles. The molecule has 40 heavy (non-hydrogen) atoms. The highest BCUT2D eigenvalue weighted by Crippen LogP contribution is 2.52. The molecule has 0 saturated heterocycles. The van der Waals surface area contributed by atoms with Crippen molar-refractivity contribution in [1.82, 2.24) is 3.97 Å². The molecule has 1 aliphatic carbocycles. The number of carbonyl (C=O) groups is 2. The van der Waals surface area contributed by atoms with Gasteiger partial charge in [0.05, 0.1) is 30.3 Å². The van der Waals surface area contributed by atoms with E-state index >= 15 is 0 Å². The standard InChI is InChI=1S/C31H28FNO6S/c1-18-10-13-22(14-11-18)40(36,37)33-26-16-21(32)12-15-23(26)28-27(20-8-6-5-7-9-20)19(2)24(29(28)33)17-25(30(34)38-3)31(35)39-4/h5-16,24-25H,17H2,1-4H3. The van der Waals surface area contributed by atoms with E-state index < -0.39 is 39.6 Å². The predicted octanol–water partition coefficient (Wildman–Crippen LogP) is 5.60. The Morgan fingerprint density at radius 1 is 0.925 bits per heavy atom. The van der Waals surface area contributed by atoms with Gasteiger partial charge in [-0.2, -0.15) is 0 Å². The van der Waals surface area contributed by atoms with Crippen molar-refractivity contribution < 1.29 is 31.9 Å². The minimum absolute atomic E-state index is 0.0316. The van der Waals surface area contributed by atoms with Crippen LogP contribution in [0.1, 0.15) is 41.6 Å². The molecule has 9 heteroatoms. The van der Waals surface area contributed by atoms with Crippen LogP contribution in [0.15, 0.2) is 83.3 Å². The van der Waals surface area contributed by atoms with Gasteiger partial charge in [0.2, 0.25) is 0 Å². The van der Waals surface area contributed by atoms with Gasteiger partial charge >= 0.3 is 11.9 Å². The largest absolute Gasteiger partial charge is 0.468 e. The second-order valence-electron chi connectivity index (χ2n) is 9.82. The molecule has 0 amide bonds. The lowest BCUT2D eigenvalue weighted by molar-refractivity contribution is -0.159. The summed E-state index contributed by atoms with van der Waals surface area (Å²) in [5.74, 6) is -4.18. The molecule has 0 spiro atoms. The first-order valence-corrected chi connectivity index (χ1v) is 14.1. The van der Waals surface area contributed by atoms with Gasteiger partial charge in [0, 0.05) is 16.9 Å². The molecule has 0 fully saturated rings. The molecular formula is C31H28FNO6S. The van der Waals surface area contributed by atoms with Crippen molar-refractivity contribution in [3.63, 3.8) is 0 Å². The summed E-state index contributed by atoms with van der Waals surface area (Å²) in [6, 6.07) is 19.9. The minimum Gasteiger partial charge on any atom is -0.468 e. The summed E-state index contributed by atoms with van der Waals surface area (Å²) in [5, 5.41) is 0.542. The summed E-state index contributed by atoms with van der Waals surface area (Å²) >= 11 is 0. The molecule has 1 aromatic heterocycles. The molecule has 0 radical (unpaired) electrons. The SMILES string of the molecule is COC(=O)C(CC1C(C)=C(c2ccccc2)c2c1n(S(=O)(=O)c1ccc(C)cc1)c1cc(F)ccc21)C(=O)OC. The second-order valence-corrected chi connectivity index (χ2v) is 11.6. The number of ether oxygens (including phenoxy) is 2. The first-order valence-electron chi connectivity index (χ1n) is 12.7. The van der Waals surface area contributed by atoms with Gasteiger partial charge in [-0.25, -0.2) is 16.8 Å². The van der Waals surface area contributed by atoms with E-state index in [1.807, 2.05) is 44.2 Å². The summed E-state index contributed by atoms with van der Waals surface area (Å²) in [6.45, 7) is 3.71. The number of esters is 2. The predicted molar refractivity (Wildman–Crippen MR) is 149 cm³/mol. The second kappa shape index (κ2) is 10.4. The average Bonchev–Trinajstić information content (AvgIpc) is 3.41. The van der Waals surface area contributed by atoms with Crippen molar-refractivity contribution in [1.29, 1.82) is 0 Å². The van der Waals surface area contributed by atoms with Crippen LogP contribution in [0.3, 0.4) is 0 Å². The fourth-order valence-electron chi connectivity index (χ4n) is 5.56. The molecule has 0 N–H and O–H groups in total. The van der Waals surface area contributed by atoms with Gasteiger partial charge in [-0.05, 0) is 61.7 Å². The zero-order valence-corrected chi connectivity index (χ0v) is 23.3. The van der Waals surface area contributed by atoms with E-state index in [-0.39, 0.29) is 16.8 Å². The third-order valence-corrected chi connectivity index (χ3v) is 9.23. The van der Waals surface area contributed by atoms with Crippen molar-refractivity contribution in [3.05, 3.63) is 107 Å². The summed E-state index contributed by atoms with van der Waals surface area (Å²) in [4.78, 5) is 25.4. The van der Waals surface area contributed by atoms with Crippen LogP contribution in [-0.4, -0.2) is 38.5 Å². The molecule has 0 bridgehead atoms. The van der Waals surface area contributed by atoms with Gasteiger partial charge in [-0.1, -0.05) is 53.6 Å². The monoisotopic (exact) mass is 561 g/mol. The van der Waals surface area contributed by atoms with Crippen LogP contribution in [0.2, 0.25) is 0 Å². The Morgan fingerprint density at radius 3 is 2.15 bits per heavy atom. The number of rotatable bonds is 7. The Hall–Kier alpha value is -4.24. The van der Waals surface area contributed by atoms with Crippen LogP contribution in [0, 0.1) is 18.7 Å². The molecule has 1 atom stereocenters. The molecule has 0 saturated carbocycles. The molecule has 4 aromatic rings. The van der Waals surface area contributed by atoms with Gasteiger partial charge < -0.3 is 9.47 Å². The maximum absolute atomic E-state index is 14.7. The lowest BCUT2D eigenvalue weighted by atomic mass is 9.88. The maximum atomic E-state index is 14.7. The molecule has 206 valence electrons. The Bertz CT molecular complexity index is 1760. The third-order valence-electron chi connectivity index (χ3n) is 7.48. The van der Waals surface area contributed by atoms with Gasteiger partial charge in [-0.3, -0.25) is 9.59 Å². The smallest absolute Gasteiger partial charge is 0.320 e. The highest BCUT2D eigenvalue weighted by atomic mass is 32.2. The van der Waals surface area contributed by atoms with Crippen LogP contribution < -0.4 is 0 Å². The molecule has 7 nitrogen and oxygen atoms in total. The van der Waals surface area contributed by atoms with Crippen LogP contribution in [0.4, 0.5) is 4.39 Å². The Kier molecular flexibility index (Phi) is 7.10. The van der Waals surface area contributed by atoms with Gasteiger partial charge in [0.25, 0.3) is 10.0 Å². The van der Waals surface area contributed by atoms with E-state index in [0.717, 1.165) is 22.3 Å². The van der Waals surface area contributed by atoms with Gasteiger partial charge in [-0.15, -0.1) is 0 Å². The van der Waals surface area contributed by atoms with Crippen molar-refractivity contribution in [3.8, 4) is 0 Å². The number of fused-ring (bicyclic) bond motifs is 3. The van der Waals surface area contributed by atoms with E-state index in [9.17, 15) is 22.4 Å². The number of allylic oxidation sites excluding steroid dienone is 1. The van der Waals surface area contributed by atoms with Crippen LogP contribution in [0.5, 0.6) is 0 Å². The zero-order valence-electron chi connectivity index (χ0n) is 22.5. The number of hydrogen-bond acceptors (Lipinski definition) is 6. The number of aromatic nitrogens is 1. The quantitative estimate of drug-likeness (QED) is 0.216. The highest BCUT2D eigenvalue weighted by Gasteiger charge is 2.43. The number of aryl methyl sites for hydroxylation is 1. The van der Waals surface area contributed by atoms with E-state index in [0.29, 0.717) is 16.6 Å². The van der Waals surface area contributed by atoms with Crippen LogP contribution in [0.25, 0.3) is 16.5 Å². The summed E-state index contributed by atoms with van der Waals surface area (Å²) in [5.41, 5.74) is 4.39. The number of methoxy groups -OCH3 is 2. The fourth-order valence-corrected chi connectivity index (χ4v) is 7.14. The highest BCUT2D eigenvalue weighted by molar-refractivity contribution is 7.90. The molecule has 5 rings (SSSR count). The average molecular weight is 562 g/mol. The van der Waals surface area contributed by atoms with Gasteiger partial charge in [0.15, 0.2) is 5.92 Å². The molecular weight excluding hydrogens is 533 g/mol. The summed E-state index contributed by atoms with van der Waals surface area (Å²) < 4.78 is 54.2. The van der Waals surface area contributed by atoms with Crippen molar-refractivity contribution >= 4 is 38.4 Å². The topological polar surface area (TPSA) is 91.7 Å². The molecule has 1 aliphatic rings. The van der Waals surface area contributed by atoms with E-state index in [1.165, 1.54) is 42.5 Å². The third kappa shape index (κ3) is 4.40. The Labute approximate surface area is 231 Å². The van der Waals surface area contributed by atoms with Crippen LogP contribution in [-0.2, 0) is 29.1 Å². The minimum atomic E-state index is -4.24. The van der Waals surface area contributed by atoms with Crippen molar-refractivity contribution in [2.45, 2.75) is 31.1 Å². The number of hydrogen-bond donors (Lipinski definition) is 0. The summed E-state index contributed by atoms with van der Waals surface area (Å²) in [6.07, 6.45) is -0.100. The fraction of sp³-hybridized carbons (Fsp3) is 0.226. The van der Waals surface area contributed by atoms with E-state index in [4.69, 9.17) is 9.47 Å². The number of nitrogens with zero attached hydrogens (tertiary/aromatic N) is 1. The van der Waals surface area contributed by atoms with Crippen molar-refractivity contribution in [2.75, 3.05) is 14.2 Å². The molecule has 1 unspecified atom stereocenters. The zero-order chi connectivity index (χ0) is 28.8. The molecule has 0 aliphatic heterocycles.